The molecule has 1 rings (SSSR count). The summed E-state index contributed by atoms with van der Waals surface area (Å²) in [7, 11) is 0. The zero-order chi connectivity index (χ0) is 16.5. The topological polar surface area (TPSA) is 54.0 Å². The lowest BCUT2D eigenvalue weighted by atomic mass is 10.1. The maximum Gasteiger partial charge on any atom is 0.310 e. The average molecular weight is 331 g/mol. The van der Waals surface area contributed by atoms with E-state index >= 15 is 0 Å². The molecule has 0 amide bonds. The van der Waals surface area contributed by atoms with Gasteiger partial charge < -0.3 is 18.9 Å². The Hall–Kier alpha value is -1.62. The molecule has 5 nitrogen and oxygen atoms in total. The summed E-state index contributed by atoms with van der Waals surface area (Å²) >= 11 is 6.27. The lowest BCUT2D eigenvalue weighted by Crippen LogP contribution is -2.11. The van der Waals surface area contributed by atoms with Gasteiger partial charge >= 0.3 is 5.97 Å². The molecule has 6 heteroatoms. The van der Waals surface area contributed by atoms with Gasteiger partial charge in [0.2, 0.25) is 5.75 Å². The van der Waals surface area contributed by atoms with Gasteiger partial charge in [-0.1, -0.05) is 11.6 Å². The molecule has 0 unspecified atom stereocenters. The fraction of sp³-hybridized carbons (Fsp3) is 0.562. The summed E-state index contributed by atoms with van der Waals surface area (Å²) in [5.74, 6) is 0.997. The fourth-order valence-electron chi connectivity index (χ4n) is 2.00. The Labute approximate surface area is 136 Å². The summed E-state index contributed by atoms with van der Waals surface area (Å²) in [6, 6.07) is 1.66. The van der Waals surface area contributed by atoms with E-state index in [0.29, 0.717) is 54.3 Å². The molecule has 1 aromatic carbocycles. The molecule has 0 spiro atoms. The third-order valence-corrected chi connectivity index (χ3v) is 3.01. The molecular formula is C16H23ClO5. The highest BCUT2D eigenvalue weighted by Crippen LogP contribution is 2.45. The Kier molecular flexibility index (Phi) is 7.88. The number of hydrogen-bond acceptors (Lipinski definition) is 5. The largest absolute Gasteiger partial charge is 0.490 e. The van der Waals surface area contributed by atoms with Gasteiger partial charge in [-0.25, -0.2) is 0 Å². The molecule has 124 valence electrons. The van der Waals surface area contributed by atoms with Crippen LogP contribution in [0.15, 0.2) is 6.07 Å². The first-order valence-electron chi connectivity index (χ1n) is 7.48. The van der Waals surface area contributed by atoms with Crippen molar-refractivity contribution in [3.8, 4) is 17.2 Å². The normalized spacial score (nSPS) is 10.2. The van der Waals surface area contributed by atoms with Crippen molar-refractivity contribution in [2.75, 3.05) is 26.4 Å². The SMILES string of the molecule is CCOC(=O)Cc1cc(Cl)c(OCC)c(OCC)c1OCC. The Morgan fingerprint density at radius 2 is 1.45 bits per heavy atom. The van der Waals surface area contributed by atoms with Crippen LogP contribution in [0.4, 0.5) is 0 Å². The van der Waals surface area contributed by atoms with E-state index in [9.17, 15) is 4.79 Å². The van der Waals surface area contributed by atoms with Gasteiger partial charge in [-0.05, 0) is 33.8 Å². The number of ether oxygens (including phenoxy) is 4. The van der Waals surface area contributed by atoms with Gasteiger partial charge in [0.1, 0.15) is 0 Å². The quantitative estimate of drug-likeness (QED) is 0.647. The summed E-state index contributed by atoms with van der Waals surface area (Å²) in [4.78, 5) is 11.8. The third-order valence-electron chi connectivity index (χ3n) is 2.73. The molecule has 0 N–H and O–H groups in total. The van der Waals surface area contributed by atoms with Crippen molar-refractivity contribution in [1.82, 2.24) is 0 Å². The highest BCUT2D eigenvalue weighted by molar-refractivity contribution is 6.32. The van der Waals surface area contributed by atoms with E-state index in [1.807, 2.05) is 20.8 Å². The molecule has 0 aliphatic heterocycles. The van der Waals surface area contributed by atoms with Crippen LogP contribution < -0.4 is 14.2 Å². The smallest absolute Gasteiger partial charge is 0.310 e. The Balaban J connectivity index is 3.32. The highest BCUT2D eigenvalue weighted by atomic mass is 35.5. The van der Waals surface area contributed by atoms with E-state index in [1.165, 1.54) is 0 Å². The van der Waals surface area contributed by atoms with E-state index < -0.39 is 0 Å². The standard InChI is InChI=1S/C16H23ClO5/c1-5-19-13(18)10-11-9-12(17)15(21-7-3)16(22-8-4)14(11)20-6-2/h9H,5-8,10H2,1-4H3. The van der Waals surface area contributed by atoms with Crippen LogP contribution in [-0.4, -0.2) is 32.4 Å². The number of benzene rings is 1. The molecule has 0 saturated heterocycles. The average Bonchev–Trinajstić information content (AvgIpc) is 2.47. The van der Waals surface area contributed by atoms with Crippen molar-refractivity contribution in [2.24, 2.45) is 0 Å². The second-order valence-corrected chi connectivity index (χ2v) is 4.69. The van der Waals surface area contributed by atoms with Crippen LogP contribution in [0, 0.1) is 0 Å². The van der Waals surface area contributed by atoms with Crippen LogP contribution in [0.5, 0.6) is 17.2 Å². The van der Waals surface area contributed by atoms with Crippen LogP contribution in [-0.2, 0) is 16.0 Å². The van der Waals surface area contributed by atoms with E-state index in [2.05, 4.69) is 0 Å². The maximum atomic E-state index is 11.8. The number of esters is 1. The summed E-state index contributed by atoms with van der Waals surface area (Å²) in [6.45, 7) is 8.98. The van der Waals surface area contributed by atoms with Crippen LogP contribution in [0.1, 0.15) is 33.3 Å². The van der Waals surface area contributed by atoms with Crippen molar-refractivity contribution >= 4 is 17.6 Å². The van der Waals surface area contributed by atoms with Gasteiger partial charge in [0.25, 0.3) is 0 Å². The van der Waals surface area contributed by atoms with E-state index in [1.54, 1.807) is 13.0 Å². The summed E-state index contributed by atoms with van der Waals surface area (Å²) in [5, 5.41) is 0.382. The molecule has 0 aliphatic carbocycles. The van der Waals surface area contributed by atoms with Crippen molar-refractivity contribution in [1.29, 1.82) is 0 Å². The lowest BCUT2D eigenvalue weighted by molar-refractivity contribution is -0.142. The molecule has 0 fully saturated rings. The summed E-state index contributed by atoms with van der Waals surface area (Å²) in [5.41, 5.74) is 0.622. The van der Waals surface area contributed by atoms with Crippen LogP contribution >= 0.6 is 11.6 Å². The number of carbonyl (C=O) groups excluding carboxylic acids is 1. The Bertz CT molecular complexity index is 502. The van der Waals surface area contributed by atoms with Crippen molar-refractivity contribution in [3.63, 3.8) is 0 Å². The number of halogens is 1. The molecule has 0 atom stereocenters. The predicted octanol–water partition coefficient (Wildman–Crippen LogP) is 3.64. The zero-order valence-corrected chi connectivity index (χ0v) is 14.3. The van der Waals surface area contributed by atoms with E-state index in [0.717, 1.165) is 0 Å². The van der Waals surface area contributed by atoms with E-state index in [4.69, 9.17) is 30.5 Å². The lowest BCUT2D eigenvalue weighted by Gasteiger charge is -2.19. The molecule has 0 aromatic heterocycles. The second kappa shape index (κ2) is 9.41. The van der Waals surface area contributed by atoms with Crippen LogP contribution in [0.3, 0.4) is 0 Å². The third kappa shape index (κ3) is 4.70. The van der Waals surface area contributed by atoms with Gasteiger partial charge in [-0.3, -0.25) is 4.79 Å². The zero-order valence-electron chi connectivity index (χ0n) is 13.5. The number of carbonyl (C=O) groups is 1. The molecule has 0 heterocycles. The monoisotopic (exact) mass is 330 g/mol. The minimum absolute atomic E-state index is 0.0649. The van der Waals surface area contributed by atoms with Crippen molar-refractivity contribution < 1.29 is 23.7 Å². The Morgan fingerprint density at radius 1 is 0.909 bits per heavy atom. The van der Waals surface area contributed by atoms with Gasteiger partial charge in [0.05, 0.1) is 37.9 Å². The molecule has 22 heavy (non-hydrogen) atoms. The summed E-state index contributed by atoms with van der Waals surface area (Å²) in [6.07, 6.45) is 0.0649. The first-order chi connectivity index (χ1) is 10.6. The van der Waals surface area contributed by atoms with Gasteiger partial charge in [0, 0.05) is 5.56 Å². The molecule has 0 aliphatic rings. The fourth-order valence-corrected chi connectivity index (χ4v) is 2.27. The molecule has 0 bridgehead atoms. The highest BCUT2D eigenvalue weighted by Gasteiger charge is 2.23. The van der Waals surface area contributed by atoms with Crippen molar-refractivity contribution in [2.45, 2.75) is 34.1 Å². The molecule has 0 radical (unpaired) electrons. The number of rotatable bonds is 9. The second-order valence-electron chi connectivity index (χ2n) is 4.29. The van der Waals surface area contributed by atoms with Crippen LogP contribution in [0.2, 0.25) is 5.02 Å². The first-order valence-corrected chi connectivity index (χ1v) is 7.86. The molecular weight excluding hydrogens is 308 g/mol. The minimum atomic E-state index is -0.342. The Morgan fingerprint density at radius 3 is 2.00 bits per heavy atom. The van der Waals surface area contributed by atoms with Gasteiger partial charge in [0.15, 0.2) is 11.5 Å². The molecule has 0 saturated carbocycles. The van der Waals surface area contributed by atoms with Gasteiger partial charge in [-0.15, -0.1) is 0 Å². The maximum absolute atomic E-state index is 11.8. The van der Waals surface area contributed by atoms with E-state index in [-0.39, 0.29) is 12.4 Å². The number of hydrogen-bond donors (Lipinski definition) is 0. The van der Waals surface area contributed by atoms with Crippen LogP contribution in [0.25, 0.3) is 0 Å². The summed E-state index contributed by atoms with van der Waals surface area (Å²) < 4.78 is 21.9. The first kappa shape index (κ1) is 18.4. The minimum Gasteiger partial charge on any atom is -0.490 e. The predicted molar refractivity (Wildman–Crippen MR) is 85.3 cm³/mol. The van der Waals surface area contributed by atoms with Crippen molar-refractivity contribution in [3.05, 3.63) is 16.7 Å². The van der Waals surface area contributed by atoms with Gasteiger partial charge in [-0.2, -0.15) is 0 Å². The molecule has 1 aromatic rings.